The highest BCUT2D eigenvalue weighted by Crippen LogP contribution is 2.17. The number of carbonyl (C=O) groups is 1. The molecule has 1 fully saturated rings. The minimum absolute atomic E-state index is 0.130. The van der Waals surface area contributed by atoms with Crippen LogP contribution in [0.1, 0.15) is 0 Å². The number of nitrogens with zero attached hydrogens (tertiary/aromatic N) is 2. The predicted molar refractivity (Wildman–Crippen MR) is 100 cm³/mol. The number of carbonyl (C=O) groups excluding carboxylic acids is 1. The van der Waals surface area contributed by atoms with E-state index in [1.165, 1.54) is 6.07 Å². The zero-order valence-electron chi connectivity index (χ0n) is 14.3. The monoisotopic (exact) mass is 377 g/mol. The number of benzene rings is 2. The summed E-state index contributed by atoms with van der Waals surface area (Å²) in [5, 5.41) is 3.44. The van der Waals surface area contributed by atoms with Crippen molar-refractivity contribution in [2.75, 3.05) is 44.6 Å². The number of piperazine rings is 1. The van der Waals surface area contributed by atoms with Gasteiger partial charge in [0.15, 0.2) is 11.6 Å². The largest absolute Gasteiger partial charge is 0.489 e. The quantitative estimate of drug-likeness (QED) is 0.864. The van der Waals surface area contributed by atoms with E-state index in [4.69, 9.17) is 16.3 Å². The van der Waals surface area contributed by atoms with Crippen LogP contribution in [0.15, 0.2) is 48.5 Å². The fourth-order valence-corrected chi connectivity index (χ4v) is 2.98. The molecule has 3 rings (SSSR count). The van der Waals surface area contributed by atoms with Gasteiger partial charge in [-0.05, 0) is 30.3 Å². The summed E-state index contributed by atoms with van der Waals surface area (Å²) < 4.78 is 19.0. The molecule has 0 atom stereocenters. The molecule has 0 aromatic heterocycles. The van der Waals surface area contributed by atoms with Crippen LogP contribution in [0.25, 0.3) is 0 Å². The van der Waals surface area contributed by atoms with Crippen molar-refractivity contribution in [3.63, 3.8) is 0 Å². The van der Waals surface area contributed by atoms with Crippen molar-refractivity contribution in [2.24, 2.45) is 0 Å². The van der Waals surface area contributed by atoms with E-state index in [1.807, 2.05) is 0 Å². The first-order valence-electron chi connectivity index (χ1n) is 8.53. The molecule has 0 aliphatic carbocycles. The summed E-state index contributed by atoms with van der Waals surface area (Å²) in [6, 6.07) is 13.3. The number of halogens is 2. The second-order valence-electron chi connectivity index (χ2n) is 6.05. The second-order valence-corrected chi connectivity index (χ2v) is 6.48. The van der Waals surface area contributed by atoms with Gasteiger partial charge in [0, 0.05) is 43.4 Å². The molecule has 2 aromatic rings. The number of para-hydroxylation sites is 1. The second kappa shape index (κ2) is 8.87. The van der Waals surface area contributed by atoms with Gasteiger partial charge in [0.05, 0.1) is 0 Å². The molecule has 0 unspecified atom stereocenters. The molecule has 1 N–H and O–H groups in total. The van der Waals surface area contributed by atoms with E-state index >= 15 is 0 Å². The molecule has 5 nitrogen and oxygen atoms in total. The first kappa shape index (κ1) is 18.5. The molecule has 1 heterocycles. The van der Waals surface area contributed by atoms with Crippen LogP contribution >= 0.6 is 11.6 Å². The van der Waals surface area contributed by atoms with Crippen molar-refractivity contribution < 1.29 is 13.9 Å². The van der Waals surface area contributed by atoms with Crippen LogP contribution in [0.2, 0.25) is 5.02 Å². The van der Waals surface area contributed by atoms with E-state index in [1.54, 1.807) is 47.4 Å². The summed E-state index contributed by atoms with van der Waals surface area (Å²) in [5.41, 5.74) is 0.684. The summed E-state index contributed by atoms with van der Waals surface area (Å²) in [5.74, 6) is -0.0814. The first-order chi connectivity index (χ1) is 12.6. The molecule has 2 aromatic carbocycles. The average Bonchev–Trinajstić information content (AvgIpc) is 2.64. The van der Waals surface area contributed by atoms with Gasteiger partial charge in [-0.3, -0.25) is 4.90 Å². The standard InChI is InChI=1S/C19H21ClFN3O2/c20-15-4-3-5-16(14-15)22-19(25)24-10-8-23(9-11-24)12-13-26-18-7-2-1-6-17(18)21/h1-7,14H,8-13H2,(H,22,25). The van der Waals surface area contributed by atoms with E-state index in [9.17, 15) is 9.18 Å². The Bertz CT molecular complexity index is 751. The number of anilines is 1. The summed E-state index contributed by atoms with van der Waals surface area (Å²) >= 11 is 5.93. The highest BCUT2D eigenvalue weighted by Gasteiger charge is 2.21. The van der Waals surface area contributed by atoms with Gasteiger partial charge in [-0.1, -0.05) is 29.8 Å². The lowest BCUT2D eigenvalue weighted by Gasteiger charge is -2.34. The molecule has 26 heavy (non-hydrogen) atoms. The van der Waals surface area contributed by atoms with Gasteiger partial charge in [0.25, 0.3) is 0 Å². The minimum atomic E-state index is -0.352. The molecule has 0 radical (unpaired) electrons. The van der Waals surface area contributed by atoms with E-state index in [-0.39, 0.29) is 17.6 Å². The molecule has 2 amide bonds. The zero-order chi connectivity index (χ0) is 18.4. The van der Waals surface area contributed by atoms with Gasteiger partial charge in [-0.25, -0.2) is 9.18 Å². The van der Waals surface area contributed by atoms with Gasteiger partial charge in [0.1, 0.15) is 6.61 Å². The topological polar surface area (TPSA) is 44.8 Å². The Morgan fingerprint density at radius 2 is 1.88 bits per heavy atom. The molecule has 0 bridgehead atoms. The molecule has 1 aliphatic rings. The van der Waals surface area contributed by atoms with Crippen molar-refractivity contribution in [3.8, 4) is 5.75 Å². The van der Waals surface area contributed by atoms with E-state index < -0.39 is 0 Å². The predicted octanol–water partition coefficient (Wildman–Crippen LogP) is 3.71. The van der Waals surface area contributed by atoms with Crippen molar-refractivity contribution in [1.29, 1.82) is 0 Å². The van der Waals surface area contributed by atoms with Crippen molar-refractivity contribution in [3.05, 3.63) is 59.4 Å². The third-order valence-corrected chi connectivity index (χ3v) is 4.47. The first-order valence-corrected chi connectivity index (χ1v) is 8.91. The highest BCUT2D eigenvalue weighted by atomic mass is 35.5. The maximum absolute atomic E-state index is 13.5. The van der Waals surface area contributed by atoms with Crippen LogP contribution in [0, 0.1) is 5.82 Å². The fourth-order valence-electron chi connectivity index (χ4n) is 2.79. The van der Waals surface area contributed by atoms with Crippen molar-refractivity contribution in [1.82, 2.24) is 9.80 Å². The number of amides is 2. The van der Waals surface area contributed by atoms with Gasteiger partial charge in [0.2, 0.25) is 0 Å². The van der Waals surface area contributed by atoms with Crippen molar-refractivity contribution >= 4 is 23.3 Å². The molecule has 0 saturated carbocycles. The Kier molecular flexibility index (Phi) is 6.30. The molecular weight excluding hydrogens is 357 g/mol. The normalized spacial score (nSPS) is 14.9. The highest BCUT2D eigenvalue weighted by molar-refractivity contribution is 6.30. The molecule has 7 heteroatoms. The molecule has 0 spiro atoms. The number of hydrogen-bond donors (Lipinski definition) is 1. The average molecular weight is 378 g/mol. The Morgan fingerprint density at radius 1 is 1.12 bits per heavy atom. The van der Waals surface area contributed by atoms with Gasteiger partial charge >= 0.3 is 6.03 Å². The van der Waals surface area contributed by atoms with Crippen LogP contribution in [-0.2, 0) is 0 Å². The lowest BCUT2D eigenvalue weighted by Crippen LogP contribution is -2.50. The summed E-state index contributed by atoms with van der Waals surface area (Å²) in [6.45, 7) is 3.87. The summed E-state index contributed by atoms with van der Waals surface area (Å²) in [4.78, 5) is 16.3. The number of rotatable bonds is 5. The Hall–Kier alpha value is -2.31. The fraction of sp³-hybridized carbons (Fsp3) is 0.316. The smallest absolute Gasteiger partial charge is 0.321 e. The Morgan fingerprint density at radius 3 is 2.62 bits per heavy atom. The van der Waals surface area contributed by atoms with Gasteiger partial charge in [-0.2, -0.15) is 0 Å². The number of hydrogen-bond acceptors (Lipinski definition) is 3. The van der Waals surface area contributed by atoms with Crippen LogP contribution < -0.4 is 10.1 Å². The minimum Gasteiger partial charge on any atom is -0.489 e. The van der Waals surface area contributed by atoms with Crippen LogP contribution in [0.5, 0.6) is 5.75 Å². The van der Waals surface area contributed by atoms with Crippen molar-refractivity contribution in [2.45, 2.75) is 0 Å². The summed E-state index contributed by atoms with van der Waals surface area (Å²) in [7, 11) is 0. The SMILES string of the molecule is O=C(Nc1cccc(Cl)c1)N1CCN(CCOc2ccccc2F)CC1. The molecule has 1 saturated heterocycles. The lowest BCUT2D eigenvalue weighted by atomic mass is 10.3. The number of nitrogens with one attached hydrogen (secondary N) is 1. The lowest BCUT2D eigenvalue weighted by molar-refractivity contribution is 0.131. The third-order valence-electron chi connectivity index (χ3n) is 4.24. The maximum Gasteiger partial charge on any atom is 0.321 e. The number of urea groups is 1. The van der Waals surface area contributed by atoms with E-state index in [0.717, 1.165) is 13.1 Å². The van der Waals surface area contributed by atoms with E-state index in [2.05, 4.69) is 10.2 Å². The molecular formula is C19H21ClFN3O2. The maximum atomic E-state index is 13.5. The van der Waals surface area contributed by atoms with Gasteiger partial charge < -0.3 is 15.0 Å². The van der Waals surface area contributed by atoms with Gasteiger partial charge in [-0.15, -0.1) is 0 Å². The van der Waals surface area contributed by atoms with Crippen LogP contribution in [0.3, 0.4) is 0 Å². The zero-order valence-corrected chi connectivity index (χ0v) is 15.1. The van der Waals surface area contributed by atoms with E-state index in [0.29, 0.717) is 37.0 Å². The summed E-state index contributed by atoms with van der Waals surface area (Å²) in [6.07, 6.45) is 0. The molecule has 138 valence electrons. The third kappa shape index (κ3) is 5.09. The van der Waals surface area contributed by atoms with Crippen LogP contribution in [-0.4, -0.2) is 55.2 Å². The molecule has 1 aliphatic heterocycles. The Balaban J connectivity index is 1.40. The van der Waals surface area contributed by atoms with Crippen LogP contribution in [0.4, 0.5) is 14.9 Å². The number of ether oxygens (including phenoxy) is 1. The Labute approximate surface area is 157 Å².